The maximum absolute atomic E-state index is 13.2. The third kappa shape index (κ3) is 3.90. The van der Waals surface area contributed by atoms with E-state index in [1.807, 2.05) is 37.3 Å². The van der Waals surface area contributed by atoms with Crippen molar-refractivity contribution in [1.82, 2.24) is 15.0 Å². The molecule has 0 saturated carbocycles. The highest BCUT2D eigenvalue weighted by Crippen LogP contribution is 2.36. The predicted molar refractivity (Wildman–Crippen MR) is 110 cm³/mol. The maximum atomic E-state index is 13.2. The van der Waals surface area contributed by atoms with E-state index in [1.165, 1.54) is 0 Å². The van der Waals surface area contributed by atoms with Crippen molar-refractivity contribution in [1.29, 1.82) is 0 Å². The Morgan fingerprint density at radius 2 is 1.86 bits per heavy atom. The number of aryl methyl sites for hydroxylation is 1. The Labute approximate surface area is 170 Å². The third-order valence-corrected chi connectivity index (χ3v) is 5.64. The largest absolute Gasteiger partial charge is 0.361 e. The molecule has 4 rings (SSSR count). The number of fused-ring (bicyclic) bond motifs is 1. The summed E-state index contributed by atoms with van der Waals surface area (Å²) in [5.74, 6) is 0.591. The van der Waals surface area contributed by atoms with Crippen molar-refractivity contribution in [2.24, 2.45) is 0 Å². The number of piperazine rings is 1. The van der Waals surface area contributed by atoms with Crippen LogP contribution in [0.15, 0.2) is 34.9 Å². The molecule has 3 heterocycles. The molecule has 0 spiro atoms. The van der Waals surface area contributed by atoms with E-state index in [2.05, 4.69) is 20.3 Å². The molecule has 1 aromatic heterocycles. The zero-order chi connectivity index (χ0) is 20.6. The Kier molecular flexibility index (Phi) is 5.14. The van der Waals surface area contributed by atoms with Crippen LogP contribution < -0.4 is 10.2 Å². The lowest BCUT2D eigenvalue weighted by atomic mass is 9.96. The molecule has 1 fully saturated rings. The lowest BCUT2D eigenvalue weighted by Gasteiger charge is -2.43. The third-order valence-electron chi connectivity index (χ3n) is 5.64. The molecule has 1 N–H and O–H groups in total. The molecule has 2 aliphatic heterocycles. The van der Waals surface area contributed by atoms with E-state index in [-0.39, 0.29) is 11.8 Å². The van der Waals surface area contributed by atoms with E-state index < -0.39 is 5.54 Å². The summed E-state index contributed by atoms with van der Waals surface area (Å²) in [6.45, 7) is 9.82. The van der Waals surface area contributed by atoms with Gasteiger partial charge in [0.1, 0.15) is 11.3 Å². The van der Waals surface area contributed by atoms with Crippen LogP contribution in [0.25, 0.3) is 0 Å². The molecule has 0 bridgehead atoms. The Bertz CT molecular complexity index is 915. The quantitative estimate of drug-likeness (QED) is 0.848. The van der Waals surface area contributed by atoms with E-state index in [0.717, 1.165) is 49.9 Å². The number of anilines is 2. The summed E-state index contributed by atoms with van der Waals surface area (Å²) in [6, 6.07) is 9.41. The second-order valence-electron chi connectivity index (χ2n) is 8.24. The zero-order valence-corrected chi connectivity index (χ0v) is 17.1. The van der Waals surface area contributed by atoms with Gasteiger partial charge in [0.2, 0.25) is 11.8 Å². The van der Waals surface area contributed by atoms with Gasteiger partial charge in [-0.1, -0.05) is 17.3 Å². The van der Waals surface area contributed by atoms with Crippen LogP contribution in [0, 0.1) is 6.92 Å². The maximum Gasteiger partial charge on any atom is 0.250 e. The summed E-state index contributed by atoms with van der Waals surface area (Å²) in [7, 11) is 0. The Morgan fingerprint density at radius 1 is 1.17 bits per heavy atom. The summed E-state index contributed by atoms with van der Waals surface area (Å²) < 4.78 is 5.13. The van der Waals surface area contributed by atoms with Gasteiger partial charge in [-0.25, -0.2) is 0 Å². The molecule has 2 amide bonds. The van der Waals surface area contributed by atoms with Gasteiger partial charge in [-0.2, -0.15) is 0 Å². The van der Waals surface area contributed by atoms with Crippen LogP contribution in [-0.2, 0) is 16.1 Å². The molecule has 1 aromatic carbocycles. The summed E-state index contributed by atoms with van der Waals surface area (Å²) in [5.41, 5.74) is 1.43. The number of para-hydroxylation sites is 2. The van der Waals surface area contributed by atoms with Crippen LogP contribution in [0.5, 0.6) is 0 Å². The Morgan fingerprint density at radius 3 is 2.55 bits per heavy atom. The molecule has 29 heavy (non-hydrogen) atoms. The highest BCUT2D eigenvalue weighted by Gasteiger charge is 2.43. The van der Waals surface area contributed by atoms with Crippen LogP contribution in [0.1, 0.15) is 25.3 Å². The van der Waals surface area contributed by atoms with Crippen LogP contribution >= 0.6 is 0 Å². The van der Waals surface area contributed by atoms with Crippen molar-refractivity contribution in [2.45, 2.75) is 32.9 Å². The number of hydrogen-bond donors (Lipinski definition) is 1. The van der Waals surface area contributed by atoms with Crippen LogP contribution in [-0.4, -0.2) is 65.0 Å². The second-order valence-corrected chi connectivity index (χ2v) is 8.24. The van der Waals surface area contributed by atoms with Crippen LogP contribution in [0.3, 0.4) is 0 Å². The van der Waals surface area contributed by atoms with E-state index in [4.69, 9.17) is 4.52 Å². The lowest BCUT2D eigenvalue weighted by molar-refractivity contribution is -0.127. The van der Waals surface area contributed by atoms with Gasteiger partial charge in [-0.05, 0) is 32.9 Å². The fourth-order valence-electron chi connectivity index (χ4n) is 3.99. The first-order valence-electron chi connectivity index (χ1n) is 9.95. The zero-order valence-electron chi connectivity index (χ0n) is 17.1. The first kappa shape index (κ1) is 19.6. The average Bonchev–Trinajstić information content (AvgIpc) is 3.08. The summed E-state index contributed by atoms with van der Waals surface area (Å²) in [4.78, 5) is 31.9. The molecule has 1 saturated heterocycles. The number of benzene rings is 1. The molecule has 0 atom stereocenters. The summed E-state index contributed by atoms with van der Waals surface area (Å²) >= 11 is 0. The van der Waals surface area contributed by atoms with Gasteiger partial charge in [-0.3, -0.25) is 24.3 Å². The monoisotopic (exact) mass is 397 g/mol. The highest BCUT2D eigenvalue weighted by molar-refractivity contribution is 6.14. The number of nitrogens with zero attached hydrogens (tertiary/aromatic N) is 4. The van der Waals surface area contributed by atoms with E-state index in [9.17, 15) is 9.59 Å². The first-order valence-corrected chi connectivity index (χ1v) is 9.95. The molecular formula is C21H27N5O3. The van der Waals surface area contributed by atoms with Gasteiger partial charge in [-0.15, -0.1) is 0 Å². The molecule has 2 aliphatic rings. The molecule has 0 unspecified atom stereocenters. The van der Waals surface area contributed by atoms with Crippen LogP contribution in [0.4, 0.5) is 11.4 Å². The number of aromatic nitrogens is 1. The van der Waals surface area contributed by atoms with Crippen molar-refractivity contribution in [2.75, 3.05) is 42.9 Å². The van der Waals surface area contributed by atoms with Gasteiger partial charge in [0.05, 0.1) is 23.6 Å². The van der Waals surface area contributed by atoms with E-state index in [1.54, 1.807) is 18.7 Å². The minimum Gasteiger partial charge on any atom is -0.361 e. The fraction of sp³-hybridized carbons (Fsp3) is 0.476. The standard InChI is InChI=1S/C21H27N5O3/c1-15-12-16(23-29-15)13-24-8-10-25(11-9-24)14-19(27)26-18-7-5-4-6-17(18)22-20(28)21(26,2)3/h4-7,12H,8-11,13-14H2,1-3H3,(H,22,28). The van der Waals surface area contributed by atoms with Gasteiger partial charge in [0.25, 0.3) is 0 Å². The number of hydrogen-bond acceptors (Lipinski definition) is 6. The van der Waals surface area contributed by atoms with E-state index in [0.29, 0.717) is 12.2 Å². The average molecular weight is 397 g/mol. The topological polar surface area (TPSA) is 81.9 Å². The van der Waals surface area contributed by atoms with Crippen molar-refractivity contribution in [3.63, 3.8) is 0 Å². The molecule has 0 radical (unpaired) electrons. The minimum absolute atomic E-state index is 0.0575. The predicted octanol–water partition coefficient (Wildman–Crippen LogP) is 1.86. The van der Waals surface area contributed by atoms with Crippen molar-refractivity contribution >= 4 is 23.2 Å². The minimum atomic E-state index is -0.932. The second kappa shape index (κ2) is 7.61. The van der Waals surface area contributed by atoms with E-state index >= 15 is 0 Å². The van der Waals surface area contributed by atoms with Crippen molar-refractivity contribution in [3.05, 3.63) is 41.8 Å². The first-order chi connectivity index (χ1) is 13.8. The molecule has 8 nitrogen and oxygen atoms in total. The smallest absolute Gasteiger partial charge is 0.250 e. The summed E-state index contributed by atoms with van der Waals surface area (Å²) in [6.07, 6.45) is 0. The van der Waals surface area contributed by atoms with Crippen molar-refractivity contribution in [3.8, 4) is 0 Å². The van der Waals surface area contributed by atoms with Crippen molar-refractivity contribution < 1.29 is 14.1 Å². The van der Waals surface area contributed by atoms with Gasteiger partial charge in [0, 0.05) is 38.8 Å². The van der Waals surface area contributed by atoms with Gasteiger partial charge in [0.15, 0.2) is 0 Å². The lowest BCUT2D eigenvalue weighted by Crippen LogP contribution is -2.61. The molecular weight excluding hydrogens is 370 g/mol. The van der Waals surface area contributed by atoms with Gasteiger partial charge < -0.3 is 9.84 Å². The number of carbonyl (C=O) groups is 2. The Hall–Kier alpha value is -2.71. The molecule has 8 heteroatoms. The molecule has 2 aromatic rings. The molecule has 154 valence electrons. The highest BCUT2D eigenvalue weighted by atomic mass is 16.5. The van der Waals surface area contributed by atoms with Gasteiger partial charge >= 0.3 is 0 Å². The molecule has 0 aliphatic carbocycles. The Balaban J connectivity index is 1.40. The number of amides is 2. The SMILES string of the molecule is Cc1cc(CN2CCN(CC(=O)N3c4ccccc4NC(=O)C3(C)C)CC2)no1. The summed E-state index contributed by atoms with van der Waals surface area (Å²) in [5, 5.41) is 6.96. The normalized spacial score (nSPS) is 19.7. The number of rotatable bonds is 4. The fourth-order valence-corrected chi connectivity index (χ4v) is 3.99. The number of carbonyl (C=O) groups excluding carboxylic acids is 2. The number of nitrogens with one attached hydrogen (secondary N) is 1. The van der Waals surface area contributed by atoms with Crippen LogP contribution in [0.2, 0.25) is 0 Å².